The Hall–Kier alpha value is -3.91. The average molecular weight is 688 g/mol. The van der Waals surface area contributed by atoms with Crippen molar-refractivity contribution in [3.8, 4) is 0 Å². The molecule has 0 aliphatic carbocycles. The van der Waals surface area contributed by atoms with Crippen LogP contribution in [0.25, 0.3) is 0 Å². The van der Waals surface area contributed by atoms with Crippen molar-refractivity contribution in [1.82, 2.24) is 10.2 Å². The van der Waals surface area contributed by atoms with Gasteiger partial charge < -0.3 is 35.0 Å². The molecule has 2 amide bonds. The third kappa shape index (κ3) is 8.12. The highest BCUT2D eigenvalue weighted by molar-refractivity contribution is 5.99. The van der Waals surface area contributed by atoms with Gasteiger partial charge in [0.2, 0.25) is 23.1 Å². The maximum absolute atomic E-state index is 12.9. The first-order chi connectivity index (χ1) is 22.7. The molecule has 0 aromatic carbocycles. The summed E-state index contributed by atoms with van der Waals surface area (Å²) >= 11 is 0. The van der Waals surface area contributed by atoms with Gasteiger partial charge >= 0.3 is 5.97 Å². The molecule has 49 heavy (non-hydrogen) atoms. The summed E-state index contributed by atoms with van der Waals surface area (Å²) in [6, 6.07) is 0. The van der Waals surface area contributed by atoms with E-state index in [1.165, 1.54) is 26.0 Å². The second-order valence-corrected chi connectivity index (χ2v) is 13.5. The number of aliphatic hydroxyl groups is 3. The SMILES string of the molecule is COC(C[C@H](C)[C@@H](O)C=CC=CCNC(=O)C(C)(C)[C@H](O)C(C)=CC=CC=CC(C)=C(C)[N+](=O)[O-])C1(O)[C@H](C)C(=O)N(C)C12C(=O)O[C@@H]2C. The lowest BCUT2D eigenvalue weighted by Gasteiger charge is -2.55. The van der Waals surface area contributed by atoms with E-state index in [-0.39, 0.29) is 24.6 Å². The number of likely N-dealkylation sites (N-methyl/N-ethyl adjacent to an activating group) is 1. The van der Waals surface area contributed by atoms with Gasteiger partial charge in [0, 0.05) is 33.2 Å². The Labute approximate surface area is 288 Å². The lowest BCUT2D eigenvalue weighted by molar-refractivity contribution is -0.425. The number of hydrogen-bond donors (Lipinski definition) is 4. The molecular weight excluding hydrogens is 634 g/mol. The first-order valence-electron chi connectivity index (χ1n) is 16.3. The molecule has 0 aromatic rings. The van der Waals surface area contributed by atoms with Crippen molar-refractivity contribution in [3.05, 3.63) is 81.6 Å². The molecule has 2 fully saturated rings. The Balaban J connectivity index is 1.95. The van der Waals surface area contributed by atoms with Crippen molar-refractivity contribution < 1.29 is 44.1 Å². The predicted octanol–water partition coefficient (Wildman–Crippen LogP) is 3.16. The molecule has 0 saturated carbocycles. The number of esters is 1. The first-order valence-corrected chi connectivity index (χ1v) is 16.3. The zero-order valence-corrected chi connectivity index (χ0v) is 30.2. The number of nitrogens with zero attached hydrogens (tertiary/aromatic N) is 2. The highest BCUT2D eigenvalue weighted by Gasteiger charge is 2.80. The minimum atomic E-state index is -1.87. The largest absolute Gasteiger partial charge is 0.457 e. The Kier molecular flexibility index (Phi) is 14.0. The number of rotatable bonds is 16. The summed E-state index contributed by atoms with van der Waals surface area (Å²) in [6.45, 7) is 13.2. The fraction of sp³-hybridized carbons (Fsp3) is 0.583. The van der Waals surface area contributed by atoms with Crippen LogP contribution in [0.3, 0.4) is 0 Å². The highest BCUT2D eigenvalue weighted by Crippen LogP contribution is 2.54. The summed E-state index contributed by atoms with van der Waals surface area (Å²) in [6.07, 6.45) is 11.2. The Morgan fingerprint density at radius 3 is 2.33 bits per heavy atom. The van der Waals surface area contributed by atoms with E-state index in [2.05, 4.69) is 5.32 Å². The normalized spacial score (nSPS) is 27.9. The molecule has 2 aliphatic rings. The van der Waals surface area contributed by atoms with E-state index >= 15 is 0 Å². The maximum atomic E-state index is 12.9. The van der Waals surface area contributed by atoms with Crippen molar-refractivity contribution in [2.75, 3.05) is 20.7 Å². The van der Waals surface area contributed by atoms with Crippen LogP contribution >= 0.6 is 0 Å². The fourth-order valence-electron chi connectivity index (χ4n) is 6.46. The van der Waals surface area contributed by atoms with Crippen molar-refractivity contribution >= 4 is 17.8 Å². The van der Waals surface area contributed by atoms with E-state index in [0.717, 1.165) is 0 Å². The quantitative estimate of drug-likeness (QED) is 0.0812. The number of ether oxygens (including phenoxy) is 2. The Morgan fingerprint density at radius 2 is 1.78 bits per heavy atom. The second-order valence-electron chi connectivity index (χ2n) is 13.5. The summed E-state index contributed by atoms with van der Waals surface area (Å²) in [4.78, 5) is 50.2. The number of nitrogens with one attached hydrogen (secondary N) is 1. The lowest BCUT2D eigenvalue weighted by atomic mass is 9.65. The molecule has 13 heteroatoms. The van der Waals surface area contributed by atoms with Gasteiger partial charge in [0.25, 0.3) is 0 Å². The van der Waals surface area contributed by atoms with Gasteiger partial charge in [-0.2, -0.15) is 0 Å². The Bertz CT molecular complexity index is 1440. The van der Waals surface area contributed by atoms with Gasteiger partial charge in [0.15, 0.2) is 0 Å². The molecule has 2 heterocycles. The number of carbonyl (C=O) groups excluding carboxylic acids is 3. The van der Waals surface area contributed by atoms with Crippen LogP contribution in [0.1, 0.15) is 61.8 Å². The number of aliphatic hydroxyl groups excluding tert-OH is 2. The molecule has 3 unspecified atom stereocenters. The van der Waals surface area contributed by atoms with Gasteiger partial charge in [-0.05, 0) is 52.5 Å². The molecule has 2 rings (SSSR count). The topological polar surface area (TPSA) is 189 Å². The molecule has 0 bridgehead atoms. The lowest BCUT2D eigenvalue weighted by Crippen LogP contribution is -2.80. The van der Waals surface area contributed by atoms with E-state index in [1.54, 1.807) is 103 Å². The average Bonchev–Trinajstić information content (AvgIpc) is 3.22. The molecule has 4 N–H and O–H groups in total. The van der Waals surface area contributed by atoms with Crippen LogP contribution in [0.2, 0.25) is 0 Å². The fourth-order valence-corrected chi connectivity index (χ4v) is 6.46. The van der Waals surface area contributed by atoms with Gasteiger partial charge in [-0.3, -0.25) is 19.7 Å². The minimum Gasteiger partial charge on any atom is -0.457 e. The number of hydrogen-bond acceptors (Lipinski definition) is 10. The summed E-state index contributed by atoms with van der Waals surface area (Å²) in [5, 5.41) is 47.2. The number of cyclic esters (lactones) is 1. The number of nitro groups is 1. The van der Waals surface area contributed by atoms with Crippen LogP contribution < -0.4 is 5.32 Å². The van der Waals surface area contributed by atoms with E-state index in [9.17, 15) is 39.8 Å². The van der Waals surface area contributed by atoms with Crippen LogP contribution in [0.5, 0.6) is 0 Å². The standard InChI is InChI=1S/C36H53N3O10/c1-22(26(5)39(46)47)17-13-11-14-18-23(2)30(41)34(7,8)32(43)37-20-16-12-15-19-28(40)24(3)21-29(48-10)36(45)25(4)31(42)38(9)35(36)27(6)49-33(35)44/h11-19,24-25,27-30,40-41,45H,20-21H2,1-10H3,(H,37,43)/t24-,25+,27+,28-,29?,30+,35?,36?/m0/s1. The van der Waals surface area contributed by atoms with Crippen LogP contribution in [-0.4, -0.2) is 99.2 Å². The zero-order valence-electron chi connectivity index (χ0n) is 30.2. The van der Waals surface area contributed by atoms with Crippen molar-refractivity contribution in [2.24, 2.45) is 17.3 Å². The van der Waals surface area contributed by atoms with E-state index < -0.39 is 69.6 Å². The smallest absolute Gasteiger partial charge is 0.339 e. The molecule has 1 spiro atoms. The summed E-state index contributed by atoms with van der Waals surface area (Å²) in [5.41, 5.74) is -3.46. The van der Waals surface area contributed by atoms with Crippen LogP contribution in [0, 0.1) is 27.4 Å². The molecule has 2 aliphatic heterocycles. The van der Waals surface area contributed by atoms with Crippen LogP contribution in [0.15, 0.2) is 71.5 Å². The zero-order chi connectivity index (χ0) is 37.5. The third-order valence-corrected chi connectivity index (χ3v) is 10.0. The monoisotopic (exact) mass is 687 g/mol. The highest BCUT2D eigenvalue weighted by atomic mass is 16.6. The Morgan fingerprint density at radius 1 is 1.14 bits per heavy atom. The summed E-state index contributed by atoms with van der Waals surface area (Å²) in [7, 11) is 2.87. The summed E-state index contributed by atoms with van der Waals surface area (Å²) < 4.78 is 10.9. The molecule has 13 nitrogen and oxygen atoms in total. The van der Waals surface area contributed by atoms with Gasteiger partial charge in [-0.25, -0.2) is 4.79 Å². The van der Waals surface area contributed by atoms with Crippen molar-refractivity contribution in [2.45, 2.75) is 97.4 Å². The molecule has 0 aromatic heterocycles. The first kappa shape index (κ1) is 41.3. The number of amides is 2. The van der Waals surface area contributed by atoms with Gasteiger partial charge in [-0.1, -0.05) is 68.5 Å². The van der Waals surface area contributed by atoms with E-state index in [0.29, 0.717) is 11.1 Å². The maximum Gasteiger partial charge on any atom is 0.339 e. The molecule has 272 valence electrons. The molecule has 0 radical (unpaired) electrons. The minimum absolute atomic E-state index is 0.0567. The second kappa shape index (κ2) is 16.7. The van der Waals surface area contributed by atoms with Gasteiger partial charge in [0.05, 0.1) is 34.6 Å². The van der Waals surface area contributed by atoms with Crippen LogP contribution in [-0.2, 0) is 23.9 Å². The summed E-state index contributed by atoms with van der Waals surface area (Å²) in [5.74, 6) is -2.82. The van der Waals surface area contributed by atoms with Crippen molar-refractivity contribution in [1.29, 1.82) is 0 Å². The van der Waals surface area contributed by atoms with Gasteiger partial charge in [0.1, 0.15) is 11.7 Å². The molecule has 2 saturated heterocycles. The van der Waals surface area contributed by atoms with Gasteiger partial charge in [-0.15, -0.1) is 0 Å². The third-order valence-electron chi connectivity index (χ3n) is 10.0. The number of carbonyl (C=O) groups is 3. The predicted molar refractivity (Wildman–Crippen MR) is 184 cm³/mol. The van der Waals surface area contributed by atoms with Crippen LogP contribution in [0.4, 0.5) is 0 Å². The number of allylic oxidation sites excluding steroid dienone is 9. The van der Waals surface area contributed by atoms with Crippen molar-refractivity contribution in [3.63, 3.8) is 0 Å². The van der Waals surface area contributed by atoms with E-state index in [4.69, 9.17) is 9.47 Å². The number of likely N-dealkylation sites (tertiary alicyclic amines) is 1. The number of methoxy groups -OCH3 is 1. The molecular formula is C36H53N3O10. The van der Waals surface area contributed by atoms with E-state index in [1.807, 2.05) is 0 Å². The molecule has 8 atom stereocenters.